The molecule has 1 aliphatic rings. The van der Waals surface area contributed by atoms with Gasteiger partial charge < -0.3 is 14.8 Å². The van der Waals surface area contributed by atoms with Crippen LogP contribution in [0.25, 0.3) is 0 Å². The highest BCUT2D eigenvalue weighted by Crippen LogP contribution is 2.43. The van der Waals surface area contributed by atoms with Crippen molar-refractivity contribution < 1.29 is 22.7 Å². The molecular weight excluding hydrogens is 476 g/mol. The lowest BCUT2D eigenvalue weighted by atomic mass is 9.89. The Morgan fingerprint density at radius 3 is 2.61 bits per heavy atom. The first kappa shape index (κ1) is 28.2. The SMILES string of the molecule is Cc1ccc2c(c1)C(N(CCCCC(=O)OCCNCCc1ccccc1)S(C)(=O)=O)CC(C)(C)O2. The monoisotopic (exact) mass is 516 g/mol. The molecular formula is C28H40N2O5S. The Labute approximate surface area is 216 Å². The van der Waals surface area contributed by atoms with Crippen LogP contribution < -0.4 is 10.1 Å². The summed E-state index contributed by atoms with van der Waals surface area (Å²) in [7, 11) is -3.46. The Bertz CT molecular complexity index is 1100. The molecule has 7 nitrogen and oxygen atoms in total. The van der Waals surface area contributed by atoms with Gasteiger partial charge in [0.25, 0.3) is 0 Å². The summed E-state index contributed by atoms with van der Waals surface area (Å²) < 4.78 is 38.5. The molecule has 0 spiro atoms. The highest BCUT2D eigenvalue weighted by atomic mass is 32.2. The van der Waals surface area contributed by atoms with Gasteiger partial charge in [0, 0.05) is 31.5 Å². The van der Waals surface area contributed by atoms with Crippen molar-refractivity contribution in [1.29, 1.82) is 0 Å². The fraction of sp³-hybridized carbons (Fsp3) is 0.536. The van der Waals surface area contributed by atoms with Crippen molar-refractivity contribution in [1.82, 2.24) is 9.62 Å². The lowest BCUT2D eigenvalue weighted by molar-refractivity contribution is -0.143. The van der Waals surface area contributed by atoms with Gasteiger partial charge in [-0.05, 0) is 58.2 Å². The van der Waals surface area contributed by atoms with E-state index in [1.54, 1.807) is 4.31 Å². The number of carbonyl (C=O) groups is 1. The predicted octanol–water partition coefficient (Wildman–Crippen LogP) is 4.40. The van der Waals surface area contributed by atoms with Crippen molar-refractivity contribution in [3.05, 3.63) is 65.2 Å². The molecule has 0 fully saturated rings. The van der Waals surface area contributed by atoms with Gasteiger partial charge >= 0.3 is 5.97 Å². The molecule has 2 aromatic rings. The van der Waals surface area contributed by atoms with Gasteiger partial charge in [-0.15, -0.1) is 0 Å². The maximum absolute atomic E-state index is 12.8. The Balaban J connectivity index is 1.43. The number of hydrogen-bond acceptors (Lipinski definition) is 6. The van der Waals surface area contributed by atoms with Gasteiger partial charge in [0.1, 0.15) is 18.0 Å². The van der Waals surface area contributed by atoms with Crippen LogP contribution in [0.5, 0.6) is 5.75 Å². The maximum Gasteiger partial charge on any atom is 0.305 e. The normalized spacial score (nSPS) is 16.9. The van der Waals surface area contributed by atoms with Crippen molar-refractivity contribution in [2.24, 2.45) is 0 Å². The molecule has 1 unspecified atom stereocenters. The van der Waals surface area contributed by atoms with Crippen LogP contribution in [-0.2, 0) is 26.0 Å². The molecule has 0 radical (unpaired) electrons. The average Bonchev–Trinajstić information content (AvgIpc) is 2.80. The van der Waals surface area contributed by atoms with Crippen molar-refractivity contribution in [3.8, 4) is 5.75 Å². The third kappa shape index (κ3) is 8.61. The molecule has 0 aromatic heterocycles. The van der Waals surface area contributed by atoms with Crippen LogP contribution in [0.1, 0.15) is 62.3 Å². The number of carbonyl (C=O) groups excluding carboxylic acids is 1. The number of unbranched alkanes of at least 4 members (excludes halogenated alkanes) is 1. The van der Waals surface area contributed by atoms with Crippen LogP contribution >= 0.6 is 0 Å². The van der Waals surface area contributed by atoms with E-state index in [4.69, 9.17) is 9.47 Å². The topological polar surface area (TPSA) is 84.9 Å². The number of ether oxygens (including phenoxy) is 2. The van der Waals surface area contributed by atoms with E-state index in [0.717, 1.165) is 29.8 Å². The first-order valence-electron chi connectivity index (χ1n) is 12.7. The van der Waals surface area contributed by atoms with Crippen molar-refractivity contribution >= 4 is 16.0 Å². The predicted molar refractivity (Wildman–Crippen MR) is 143 cm³/mol. The summed E-state index contributed by atoms with van der Waals surface area (Å²) >= 11 is 0. The highest BCUT2D eigenvalue weighted by Gasteiger charge is 2.39. The molecule has 1 heterocycles. The van der Waals surface area contributed by atoms with Gasteiger partial charge in [-0.25, -0.2) is 8.42 Å². The second-order valence-corrected chi connectivity index (χ2v) is 12.1. The molecule has 198 valence electrons. The Morgan fingerprint density at radius 2 is 1.89 bits per heavy atom. The average molecular weight is 517 g/mol. The third-order valence-corrected chi connectivity index (χ3v) is 7.64. The fourth-order valence-corrected chi connectivity index (χ4v) is 5.71. The summed E-state index contributed by atoms with van der Waals surface area (Å²) in [6.07, 6.45) is 4.17. The van der Waals surface area contributed by atoms with E-state index >= 15 is 0 Å². The third-order valence-electron chi connectivity index (χ3n) is 6.35. The van der Waals surface area contributed by atoms with Crippen LogP contribution in [0, 0.1) is 6.92 Å². The van der Waals surface area contributed by atoms with Gasteiger partial charge in [-0.1, -0.05) is 48.0 Å². The van der Waals surface area contributed by atoms with Crippen LogP contribution in [0.2, 0.25) is 0 Å². The quantitative estimate of drug-likeness (QED) is 0.314. The molecule has 2 aromatic carbocycles. The van der Waals surface area contributed by atoms with Gasteiger partial charge in [0.2, 0.25) is 10.0 Å². The number of nitrogens with zero attached hydrogens (tertiary/aromatic N) is 1. The summed E-state index contributed by atoms with van der Waals surface area (Å²) in [5.41, 5.74) is 2.76. The minimum Gasteiger partial charge on any atom is -0.487 e. The van der Waals surface area contributed by atoms with E-state index in [-0.39, 0.29) is 18.4 Å². The van der Waals surface area contributed by atoms with E-state index in [2.05, 4.69) is 17.4 Å². The van der Waals surface area contributed by atoms with Gasteiger partial charge in [-0.3, -0.25) is 4.79 Å². The Morgan fingerprint density at radius 1 is 1.14 bits per heavy atom. The Hall–Kier alpha value is -2.42. The van der Waals surface area contributed by atoms with Crippen LogP contribution in [-0.4, -0.2) is 56.8 Å². The molecule has 0 saturated heterocycles. The van der Waals surface area contributed by atoms with E-state index < -0.39 is 15.6 Å². The smallest absolute Gasteiger partial charge is 0.305 e. The van der Waals surface area contributed by atoms with Gasteiger partial charge in [0.15, 0.2) is 0 Å². The van der Waals surface area contributed by atoms with E-state index in [1.807, 2.05) is 57.2 Å². The lowest BCUT2D eigenvalue weighted by Gasteiger charge is -2.41. The second-order valence-electron chi connectivity index (χ2n) is 10.2. The molecule has 0 amide bonds. The largest absolute Gasteiger partial charge is 0.487 e. The zero-order chi connectivity index (χ0) is 26.2. The summed E-state index contributed by atoms with van der Waals surface area (Å²) in [6, 6.07) is 15.8. The molecule has 3 rings (SSSR count). The zero-order valence-electron chi connectivity index (χ0n) is 22.0. The lowest BCUT2D eigenvalue weighted by Crippen LogP contribution is -2.43. The minimum atomic E-state index is -3.46. The first-order chi connectivity index (χ1) is 17.0. The summed E-state index contributed by atoms with van der Waals surface area (Å²) in [5.74, 6) is 0.482. The number of hydrogen-bond donors (Lipinski definition) is 1. The number of benzene rings is 2. The first-order valence-corrected chi connectivity index (χ1v) is 14.6. The van der Waals surface area contributed by atoms with Crippen molar-refractivity contribution in [2.75, 3.05) is 32.5 Å². The number of nitrogens with one attached hydrogen (secondary N) is 1. The van der Waals surface area contributed by atoms with Crippen LogP contribution in [0.3, 0.4) is 0 Å². The molecule has 0 bridgehead atoms. The number of rotatable bonds is 13. The minimum absolute atomic E-state index is 0.251. The van der Waals surface area contributed by atoms with Crippen molar-refractivity contribution in [3.63, 3.8) is 0 Å². The molecule has 0 saturated carbocycles. The molecule has 36 heavy (non-hydrogen) atoms. The molecule has 1 aliphatic heterocycles. The standard InChI is InChI=1S/C28H40N2O5S/c1-22-13-14-26-24(20-22)25(21-28(2,3)35-26)30(36(4,32)33)18-9-8-12-27(31)34-19-17-29-16-15-23-10-6-5-7-11-23/h5-7,10-11,13-14,20,25,29H,8-9,12,15-19,21H2,1-4H3. The molecule has 8 heteroatoms. The van der Waals surface area contributed by atoms with Crippen LogP contribution in [0.15, 0.2) is 48.5 Å². The number of fused-ring (bicyclic) bond motifs is 1. The molecule has 0 aliphatic carbocycles. The summed E-state index contributed by atoms with van der Waals surface area (Å²) in [5, 5.41) is 3.28. The van der Waals surface area contributed by atoms with Gasteiger partial charge in [0.05, 0.1) is 12.3 Å². The van der Waals surface area contributed by atoms with Gasteiger partial charge in [-0.2, -0.15) is 4.31 Å². The van der Waals surface area contributed by atoms with E-state index in [1.165, 1.54) is 11.8 Å². The summed E-state index contributed by atoms with van der Waals surface area (Å²) in [4.78, 5) is 12.1. The van der Waals surface area contributed by atoms with E-state index in [9.17, 15) is 13.2 Å². The van der Waals surface area contributed by atoms with E-state index in [0.29, 0.717) is 39.0 Å². The Kier molecular flexibility index (Phi) is 9.93. The number of esters is 1. The number of sulfonamides is 1. The van der Waals surface area contributed by atoms with Crippen molar-refractivity contribution in [2.45, 2.75) is 64.5 Å². The zero-order valence-corrected chi connectivity index (χ0v) is 22.8. The molecule has 1 N–H and O–H groups in total. The highest BCUT2D eigenvalue weighted by molar-refractivity contribution is 7.88. The maximum atomic E-state index is 12.8. The number of aryl methyl sites for hydroxylation is 1. The van der Waals surface area contributed by atoms with Crippen LogP contribution in [0.4, 0.5) is 0 Å². The fourth-order valence-electron chi connectivity index (χ4n) is 4.59. The molecule has 1 atom stereocenters. The summed E-state index contributed by atoms with van der Waals surface area (Å²) in [6.45, 7) is 8.07. The second kappa shape index (κ2) is 12.7.